The molecule has 0 bridgehead atoms. The molecule has 3 aromatic rings. The van der Waals surface area contributed by atoms with Crippen LogP contribution in [0.25, 0.3) is 11.0 Å². The summed E-state index contributed by atoms with van der Waals surface area (Å²) in [5, 5.41) is 0. The second-order valence-electron chi connectivity index (χ2n) is 8.50. The van der Waals surface area contributed by atoms with Crippen LogP contribution in [0.15, 0.2) is 48.7 Å². The molecule has 2 aromatic heterocycles. The molecule has 5 rings (SSSR count). The maximum Gasteiger partial charge on any atom is 0.573 e. The summed E-state index contributed by atoms with van der Waals surface area (Å²) in [6.45, 7) is 3.95. The Labute approximate surface area is 205 Å². The molecule has 0 N–H and O–H groups in total. The summed E-state index contributed by atoms with van der Waals surface area (Å²) < 4.78 is 51.8. The molecule has 0 spiro atoms. The van der Waals surface area contributed by atoms with Crippen molar-refractivity contribution in [2.24, 2.45) is 0 Å². The Balaban J connectivity index is 1.17. The number of ether oxygens (including phenoxy) is 3. The number of methoxy groups -OCH3 is 1. The third kappa shape index (κ3) is 5.23. The molecule has 12 heteroatoms. The van der Waals surface area contributed by atoms with Gasteiger partial charge in [-0.3, -0.25) is 14.8 Å². The van der Waals surface area contributed by atoms with Crippen LogP contribution in [-0.4, -0.2) is 79.8 Å². The molecule has 190 valence electrons. The number of hydrogen-bond donors (Lipinski definition) is 0. The van der Waals surface area contributed by atoms with Gasteiger partial charge < -0.3 is 19.1 Å². The third-order valence-corrected chi connectivity index (χ3v) is 6.18. The quantitative estimate of drug-likeness (QED) is 0.504. The molecule has 2 saturated heterocycles. The summed E-state index contributed by atoms with van der Waals surface area (Å²) in [6, 6.07) is 10.8. The maximum atomic E-state index is 12.4. The van der Waals surface area contributed by atoms with Gasteiger partial charge in [-0.1, -0.05) is 0 Å². The highest BCUT2D eigenvalue weighted by Gasteiger charge is 2.35. The fourth-order valence-electron chi connectivity index (χ4n) is 4.48. The number of aromatic nitrogens is 2. The normalized spacial score (nSPS) is 19.0. The van der Waals surface area contributed by atoms with Crippen LogP contribution in [0.4, 0.5) is 29.3 Å². The summed E-state index contributed by atoms with van der Waals surface area (Å²) in [5.41, 5.74) is 3.04. The largest absolute Gasteiger partial charge is 0.573 e. The van der Waals surface area contributed by atoms with Crippen molar-refractivity contribution in [1.82, 2.24) is 14.9 Å². The van der Waals surface area contributed by atoms with Gasteiger partial charge in [-0.2, -0.15) is 0 Å². The third-order valence-electron chi connectivity index (χ3n) is 6.18. The Kier molecular flexibility index (Phi) is 6.44. The van der Waals surface area contributed by atoms with Crippen LogP contribution in [0.5, 0.6) is 11.6 Å². The number of amides is 1. The van der Waals surface area contributed by atoms with E-state index in [0.29, 0.717) is 24.7 Å². The minimum atomic E-state index is -4.77. The lowest BCUT2D eigenvalue weighted by Gasteiger charge is -2.36. The molecule has 1 aromatic carbocycles. The van der Waals surface area contributed by atoms with Gasteiger partial charge in [0.25, 0.3) is 0 Å². The molecular weight excluding hydrogens is 479 g/mol. The van der Waals surface area contributed by atoms with Crippen LogP contribution in [0.3, 0.4) is 0 Å². The van der Waals surface area contributed by atoms with Crippen molar-refractivity contribution in [2.75, 3.05) is 56.2 Å². The summed E-state index contributed by atoms with van der Waals surface area (Å²) in [6.07, 6.45) is -3.86. The monoisotopic (exact) mass is 503 g/mol. The lowest BCUT2D eigenvalue weighted by atomic mass is 10.2. The smallest absolute Gasteiger partial charge is 0.481 e. The number of carbonyl (C=O) groups is 1. The molecule has 2 aliphatic heterocycles. The van der Waals surface area contributed by atoms with Gasteiger partial charge in [0.15, 0.2) is 0 Å². The standard InChI is InChI=1S/C24H24F3N5O4/c1-34-21-7-6-19-22(29-21)20(8-9-28-19)31-12-10-30(11-13-31)14-18-15-32(23(33)35-18)16-2-4-17(5-3-16)36-24(25,26)27/h2-9,18H,10-15H2,1H3/t18-/m1/s1. The number of hydrogen-bond acceptors (Lipinski definition) is 8. The van der Waals surface area contributed by atoms with Gasteiger partial charge in [0.05, 0.1) is 24.9 Å². The summed E-state index contributed by atoms with van der Waals surface area (Å²) in [5.74, 6) is 0.189. The van der Waals surface area contributed by atoms with Gasteiger partial charge in [-0.25, -0.2) is 9.78 Å². The maximum absolute atomic E-state index is 12.4. The molecule has 0 aliphatic carbocycles. The summed E-state index contributed by atoms with van der Waals surface area (Å²) >= 11 is 0. The molecule has 1 atom stereocenters. The first-order chi connectivity index (χ1) is 17.3. The number of fused-ring (bicyclic) bond motifs is 1. The average molecular weight is 503 g/mol. The first kappa shape index (κ1) is 23.9. The van der Waals surface area contributed by atoms with E-state index in [2.05, 4.69) is 24.5 Å². The molecular formula is C24H24F3N5O4. The van der Waals surface area contributed by atoms with E-state index in [-0.39, 0.29) is 11.9 Å². The highest BCUT2D eigenvalue weighted by atomic mass is 19.4. The zero-order valence-electron chi connectivity index (χ0n) is 19.4. The zero-order valence-corrected chi connectivity index (χ0v) is 19.4. The van der Waals surface area contributed by atoms with E-state index < -0.39 is 12.5 Å². The van der Waals surface area contributed by atoms with Crippen LogP contribution >= 0.6 is 0 Å². The lowest BCUT2D eigenvalue weighted by molar-refractivity contribution is -0.274. The Morgan fingerprint density at radius 1 is 1.06 bits per heavy atom. The van der Waals surface area contributed by atoms with Gasteiger partial charge in [0, 0.05) is 50.7 Å². The summed E-state index contributed by atoms with van der Waals surface area (Å²) in [4.78, 5) is 27.3. The predicted octanol–water partition coefficient (Wildman–Crippen LogP) is 3.68. The fraction of sp³-hybridized carbons (Fsp3) is 0.375. The Hall–Kier alpha value is -3.80. The second-order valence-corrected chi connectivity index (χ2v) is 8.50. The van der Waals surface area contributed by atoms with Gasteiger partial charge >= 0.3 is 12.5 Å². The summed E-state index contributed by atoms with van der Waals surface area (Å²) in [7, 11) is 1.58. The van der Waals surface area contributed by atoms with Crippen LogP contribution in [0, 0.1) is 0 Å². The van der Waals surface area contributed by atoms with E-state index in [1.54, 1.807) is 19.4 Å². The molecule has 0 unspecified atom stereocenters. The first-order valence-corrected chi connectivity index (χ1v) is 11.4. The number of pyridine rings is 2. The Morgan fingerprint density at radius 3 is 2.50 bits per heavy atom. The Bertz CT molecular complexity index is 1230. The number of alkyl halides is 3. The van der Waals surface area contributed by atoms with E-state index in [9.17, 15) is 18.0 Å². The molecule has 0 radical (unpaired) electrons. The van der Waals surface area contributed by atoms with Crippen LogP contribution < -0.4 is 19.3 Å². The van der Waals surface area contributed by atoms with Crippen molar-refractivity contribution in [3.05, 3.63) is 48.7 Å². The van der Waals surface area contributed by atoms with Gasteiger partial charge in [-0.15, -0.1) is 13.2 Å². The van der Waals surface area contributed by atoms with E-state index in [0.717, 1.165) is 42.9 Å². The predicted molar refractivity (Wildman–Crippen MR) is 125 cm³/mol. The van der Waals surface area contributed by atoms with Crippen molar-refractivity contribution < 1.29 is 32.2 Å². The van der Waals surface area contributed by atoms with Crippen molar-refractivity contribution in [1.29, 1.82) is 0 Å². The highest BCUT2D eigenvalue weighted by Crippen LogP contribution is 2.29. The molecule has 4 heterocycles. The van der Waals surface area contributed by atoms with Crippen LogP contribution in [0.1, 0.15) is 0 Å². The van der Waals surface area contributed by atoms with Crippen molar-refractivity contribution in [2.45, 2.75) is 12.5 Å². The van der Waals surface area contributed by atoms with Crippen molar-refractivity contribution in [3.8, 4) is 11.6 Å². The van der Waals surface area contributed by atoms with Crippen LogP contribution in [0.2, 0.25) is 0 Å². The highest BCUT2D eigenvalue weighted by molar-refractivity contribution is 5.90. The van der Waals surface area contributed by atoms with Crippen LogP contribution in [-0.2, 0) is 4.74 Å². The van der Waals surface area contributed by atoms with Gasteiger partial charge in [0.1, 0.15) is 17.4 Å². The van der Waals surface area contributed by atoms with E-state index in [1.807, 2.05) is 12.1 Å². The number of piperazine rings is 1. The number of rotatable bonds is 6. The minimum Gasteiger partial charge on any atom is -0.481 e. The molecule has 0 saturated carbocycles. The van der Waals surface area contributed by atoms with Gasteiger partial charge in [0.2, 0.25) is 5.88 Å². The van der Waals surface area contributed by atoms with Crippen molar-refractivity contribution in [3.63, 3.8) is 0 Å². The number of cyclic esters (lactones) is 1. The van der Waals surface area contributed by atoms with E-state index in [1.165, 1.54) is 29.2 Å². The van der Waals surface area contributed by atoms with Crippen molar-refractivity contribution >= 4 is 28.5 Å². The zero-order chi connectivity index (χ0) is 25.3. The Morgan fingerprint density at radius 2 is 1.81 bits per heavy atom. The topological polar surface area (TPSA) is 80.3 Å². The minimum absolute atomic E-state index is 0.317. The van der Waals surface area contributed by atoms with E-state index in [4.69, 9.17) is 9.47 Å². The number of anilines is 2. The fourth-order valence-corrected chi connectivity index (χ4v) is 4.48. The SMILES string of the molecule is COc1ccc2nccc(N3CCN(C[C@@H]4CN(c5ccc(OC(F)(F)F)cc5)C(=O)O4)CC3)c2n1. The number of benzene rings is 1. The number of halogens is 3. The molecule has 2 fully saturated rings. The lowest BCUT2D eigenvalue weighted by Crippen LogP contribution is -2.49. The number of carbonyl (C=O) groups excluding carboxylic acids is 1. The molecule has 36 heavy (non-hydrogen) atoms. The van der Waals surface area contributed by atoms with Gasteiger partial charge in [-0.05, 0) is 36.4 Å². The molecule has 2 aliphatic rings. The van der Waals surface area contributed by atoms with E-state index >= 15 is 0 Å². The first-order valence-electron chi connectivity index (χ1n) is 11.4. The molecule has 1 amide bonds. The second kappa shape index (κ2) is 9.69. The number of nitrogens with zero attached hydrogens (tertiary/aromatic N) is 5. The molecule has 9 nitrogen and oxygen atoms in total. The average Bonchev–Trinajstić information content (AvgIpc) is 3.23.